The smallest absolute Gasteiger partial charge is 0.122 e. The van der Waals surface area contributed by atoms with Gasteiger partial charge in [0.15, 0.2) is 0 Å². The first-order valence-corrected chi connectivity index (χ1v) is 4.53. The van der Waals surface area contributed by atoms with Gasteiger partial charge in [0.05, 0.1) is 7.11 Å². The van der Waals surface area contributed by atoms with Crippen LogP contribution in [0.1, 0.15) is 6.42 Å². The summed E-state index contributed by atoms with van der Waals surface area (Å²) >= 11 is 0. The Bertz CT molecular complexity index is 393. The van der Waals surface area contributed by atoms with Crippen LogP contribution in [0.3, 0.4) is 0 Å². The standard InChI is InChI=1S/C12H12O2/c1-14-12-7-6-11(13)9-4-2-3-5-10(12)8-9/h2-7,13H,8H2,1H3. The van der Waals surface area contributed by atoms with E-state index in [1.807, 2.05) is 24.3 Å². The van der Waals surface area contributed by atoms with Gasteiger partial charge in [0.2, 0.25) is 0 Å². The molecule has 2 rings (SSSR count). The number of aliphatic hydroxyl groups is 1. The first-order valence-electron chi connectivity index (χ1n) is 4.53. The van der Waals surface area contributed by atoms with E-state index in [1.165, 1.54) is 0 Å². The van der Waals surface area contributed by atoms with Crippen molar-refractivity contribution >= 4 is 0 Å². The summed E-state index contributed by atoms with van der Waals surface area (Å²) in [6, 6.07) is 0. The molecule has 0 aromatic heterocycles. The van der Waals surface area contributed by atoms with Gasteiger partial charge in [-0.25, -0.2) is 0 Å². The largest absolute Gasteiger partial charge is 0.508 e. The molecule has 2 aliphatic carbocycles. The quantitative estimate of drug-likeness (QED) is 0.685. The van der Waals surface area contributed by atoms with Gasteiger partial charge in [-0.1, -0.05) is 24.3 Å². The van der Waals surface area contributed by atoms with Gasteiger partial charge in [0.1, 0.15) is 11.5 Å². The van der Waals surface area contributed by atoms with Crippen LogP contribution in [-0.2, 0) is 4.74 Å². The molecule has 0 aromatic carbocycles. The third-order valence-corrected chi connectivity index (χ3v) is 2.34. The van der Waals surface area contributed by atoms with E-state index < -0.39 is 0 Å². The minimum absolute atomic E-state index is 0.314. The Morgan fingerprint density at radius 1 is 1.07 bits per heavy atom. The van der Waals surface area contributed by atoms with Crippen molar-refractivity contribution in [2.75, 3.05) is 7.11 Å². The van der Waals surface area contributed by atoms with E-state index in [9.17, 15) is 5.11 Å². The maximum atomic E-state index is 9.67. The molecule has 0 unspecified atom stereocenters. The molecule has 0 saturated carbocycles. The minimum atomic E-state index is 0.314. The van der Waals surface area contributed by atoms with Crippen molar-refractivity contribution in [1.29, 1.82) is 0 Å². The highest BCUT2D eigenvalue weighted by Crippen LogP contribution is 2.28. The predicted molar refractivity (Wildman–Crippen MR) is 55.7 cm³/mol. The van der Waals surface area contributed by atoms with Gasteiger partial charge in [0.25, 0.3) is 0 Å². The lowest BCUT2D eigenvalue weighted by Gasteiger charge is -2.08. The van der Waals surface area contributed by atoms with Gasteiger partial charge in [0, 0.05) is 6.42 Å². The first kappa shape index (κ1) is 8.88. The third kappa shape index (κ3) is 1.51. The first-order chi connectivity index (χ1) is 6.81. The van der Waals surface area contributed by atoms with Crippen molar-refractivity contribution in [3.63, 3.8) is 0 Å². The zero-order valence-corrected chi connectivity index (χ0v) is 8.03. The number of rotatable bonds is 1. The Balaban J connectivity index is 2.49. The fourth-order valence-corrected chi connectivity index (χ4v) is 1.58. The van der Waals surface area contributed by atoms with Crippen LogP contribution in [0.25, 0.3) is 0 Å². The maximum absolute atomic E-state index is 9.67. The molecule has 72 valence electrons. The fraction of sp³-hybridized carbons (Fsp3) is 0.167. The van der Waals surface area contributed by atoms with E-state index in [0.29, 0.717) is 5.76 Å². The maximum Gasteiger partial charge on any atom is 0.122 e. The van der Waals surface area contributed by atoms with Crippen molar-refractivity contribution in [2.45, 2.75) is 6.42 Å². The molecule has 0 heterocycles. The molecule has 0 amide bonds. The van der Waals surface area contributed by atoms with E-state index in [4.69, 9.17) is 4.74 Å². The number of fused-ring (bicyclic) bond motifs is 2. The van der Waals surface area contributed by atoms with Crippen LogP contribution in [0.4, 0.5) is 0 Å². The van der Waals surface area contributed by atoms with Gasteiger partial charge >= 0.3 is 0 Å². The molecule has 0 atom stereocenters. The van der Waals surface area contributed by atoms with Crippen LogP contribution in [0.5, 0.6) is 0 Å². The lowest BCUT2D eigenvalue weighted by molar-refractivity contribution is 0.300. The summed E-state index contributed by atoms with van der Waals surface area (Å²) < 4.78 is 5.24. The summed E-state index contributed by atoms with van der Waals surface area (Å²) in [5.41, 5.74) is 2.01. The Labute approximate surface area is 83.2 Å². The van der Waals surface area contributed by atoms with Gasteiger partial charge < -0.3 is 9.84 Å². The van der Waals surface area contributed by atoms with Crippen LogP contribution in [0.15, 0.2) is 59.1 Å². The molecule has 1 N–H and O–H groups in total. The fourth-order valence-electron chi connectivity index (χ4n) is 1.58. The molecular formula is C12H12O2. The number of hydrogen-bond donors (Lipinski definition) is 1. The minimum Gasteiger partial charge on any atom is -0.508 e. The summed E-state index contributed by atoms with van der Waals surface area (Å²) in [6.45, 7) is 0. The zero-order valence-electron chi connectivity index (χ0n) is 8.03. The number of allylic oxidation sites excluding steroid dienone is 8. The second kappa shape index (κ2) is 3.58. The SMILES string of the molecule is COC1=CC=C(O)C2=CC=CC=C1C2. The summed E-state index contributed by atoms with van der Waals surface area (Å²) in [5.74, 6) is 1.13. The Morgan fingerprint density at radius 2 is 1.79 bits per heavy atom. The molecule has 0 radical (unpaired) electrons. The Morgan fingerprint density at radius 3 is 2.50 bits per heavy atom. The summed E-state index contributed by atoms with van der Waals surface area (Å²) in [6.07, 6.45) is 12.0. The molecule has 2 heteroatoms. The monoisotopic (exact) mass is 188 g/mol. The van der Waals surface area contributed by atoms with Crippen molar-refractivity contribution in [2.24, 2.45) is 0 Å². The highest BCUT2D eigenvalue weighted by Gasteiger charge is 2.14. The molecule has 0 saturated heterocycles. The lowest BCUT2D eigenvalue weighted by Crippen LogP contribution is -1.93. The van der Waals surface area contributed by atoms with Crippen molar-refractivity contribution in [1.82, 2.24) is 0 Å². The summed E-state index contributed by atoms with van der Waals surface area (Å²) in [5, 5.41) is 9.67. The molecule has 0 spiro atoms. The molecule has 2 bridgehead atoms. The van der Waals surface area contributed by atoms with Crippen LogP contribution in [0.2, 0.25) is 0 Å². The number of ether oxygens (including phenoxy) is 1. The average Bonchev–Trinajstić information content (AvgIpc) is 2.51. The second-order valence-electron chi connectivity index (χ2n) is 3.23. The number of hydrogen-bond acceptors (Lipinski definition) is 2. The zero-order chi connectivity index (χ0) is 9.97. The van der Waals surface area contributed by atoms with Crippen LogP contribution >= 0.6 is 0 Å². The predicted octanol–water partition coefficient (Wildman–Crippen LogP) is 2.78. The van der Waals surface area contributed by atoms with E-state index in [1.54, 1.807) is 19.3 Å². The van der Waals surface area contributed by atoms with E-state index in [0.717, 1.165) is 23.3 Å². The summed E-state index contributed by atoms with van der Waals surface area (Å²) in [4.78, 5) is 0. The highest BCUT2D eigenvalue weighted by atomic mass is 16.5. The molecule has 0 fully saturated rings. The summed E-state index contributed by atoms with van der Waals surface area (Å²) in [7, 11) is 1.64. The molecule has 2 nitrogen and oxygen atoms in total. The molecule has 2 aliphatic rings. The van der Waals surface area contributed by atoms with E-state index in [2.05, 4.69) is 0 Å². The Kier molecular flexibility index (Phi) is 2.27. The molecule has 0 aliphatic heterocycles. The highest BCUT2D eigenvalue weighted by molar-refractivity contribution is 5.47. The molecule has 14 heavy (non-hydrogen) atoms. The van der Waals surface area contributed by atoms with Gasteiger partial charge in [-0.3, -0.25) is 0 Å². The molecule has 0 aromatic rings. The van der Waals surface area contributed by atoms with Gasteiger partial charge in [-0.2, -0.15) is 0 Å². The lowest BCUT2D eigenvalue weighted by atomic mass is 10.1. The second-order valence-corrected chi connectivity index (χ2v) is 3.23. The topological polar surface area (TPSA) is 29.5 Å². The van der Waals surface area contributed by atoms with Gasteiger partial charge in [-0.15, -0.1) is 0 Å². The van der Waals surface area contributed by atoms with E-state index in [-0.39, 0.29) is 0 Å². The third-order valence-electron chi connectivity index (χ3n) is 2.34. The van der Waals surface area contributed by atoms with Crippen molar-refractivity contribution in [3.05, 3.63) is 59.1 Å². The number of methoxy groups -OCH3 is 1. The number of aliphatic hydroxyl groups excluding tert-OH is 1. The normalized spacial score (nSPS) is 19.8. The average molecular weight is 188 g/mol. The Hall–Kier alpha value is -1.70. The van der Waals surface area contributed by atoms with Crippen LogP contribution in [0, 0.1) is 0 Å². The van der Waals surface area contributed by atoms with Crippen molar-refractivity contribution < 1.29 is 9.84 Å². The molecular weight excluding hydrogens is 176 g/mol. The van der Waals surface area contributed by atoms with Crippen LogP contribution in [-0.4, -0.2) is 12.2 Å². The van der Waals surface area contributed by atoms with Crippen LogP contribution < -0.4 is 0 Å². The van der Waals surface area contributed by atoms with E-state index >= 15 is 0 Å². The van der Waals surface area contributed by atoms with Gasteiger partial charge in [-0.05, 0) is 23.3 Å². The van der Waals surface area contributed by atoms with Crippen molar-refractivity contribution in [3.8, 4) is 0 Å².